The molecule has 1 aromatic rings. The molecule has 0 aromatic heterocycles. The Balaban J connectivity index is 2.20. The molecule has 0 spiro atoms. The van der Waals surface area contributed by atoms with Gasteiger partial charge in [-0.3, -0.25) is 0 Å². The summed E-state index contributed by atoms with van der Waals surface area (Å²) in [6, 6.07) is 7.93. The highest BCUT2D eigenvalue weighted by molar-refractivity contribution is 5.32. The van der Waals surface area contributed by atoms with Crippen molar-refractivity contribution < 1.29 is 9.47 Å². The van der Waals surface area contributed by atoms with Crippen LogP contribution in [0.5, 0.6) is 5.75 Å². The van der Waals surface area contributed by atoms with Crippen LogP contribution in [-0.2, 0) is 10.3 Å². The molecule has 1 aliphatic heterocycles. The van der Waals surface area contributed by atoms with Crippen molar-refractivity contribution in [1.82, 2.24) is 0 Å². The molecular formula is C12H17NO2. The molecule has 82 valence electrons. The summed E-state index contributed by atoms with van der Waals surface area (Å²) >= 11 is 0. The Morgan fingerprint density at radius 2 is 2.07 bits per heavy atom. The van der Waals surface area contributed by atoms with Crippen molar-refractivity contribution in [3.8, 4) is 5.75 Å². The van der Waals surface area contributed by atoms with Crippen molar-refractivity contribution in [3.05, 3.63) is 29.8 Å². The summed E-state index contributed by atoms with van der Waals surface area (Å²) in [4.78, 5) is 0. The minimum absolute atomic E-state index is 0.315. The fourth-order valence-electron chi connectivity index (χ4n) is 1.97. The second kappa shape index (κ2) is 4.21. The van der Waals surface area contributed by atoms with Gasteiger partial charge in [0.2, 0.25) is 0 Å². The van der Waals surface area contributed by atoms with E-state index in [1.807, 2.05) is 24.3 Å². The lowest BCUT2D eigenvalue weighted by molar-refractivity contribution is 0.0366. The Hall–Kier alpha value is -1.06. The maximum atomic E-state index is 6.31. The largest absolute Gasteiger partial charge is 0.497 e. The van der Waals surface area contributed by atoms with Gasteiger partial charge in [-0.15, -0.1) is 0 Å². The molecule has 0 bridgehead atoms. The van der Waals surface area contributed by atoms with Crippen LogP contribution in [0.1, 0.15) is 18.4 Å². The van der Waals surface area contributed by atoms with E-state index in [9.17, 15) is 0 Å². The summed E-state index contributed by atoms with van der Waals surface area (Å²) < 4.78 is 10.6. The van der Waals surface area contributed by atoms with E-state index < -0.39 is 0 Å². The van der Waals surface area contributed by atoms with Gasteiger partial charge in [0.25, 0.3) is 0 Å². The van der Waals surface area contributed by atoms with Crippen molar-refractivity contribution in [2.24, 2.45) is 5.73 Å². The molecule has 0 saturated carbocycles. The van der Waals surface area contributed by atoms with Crippen LogP contribution in [0.4, 0.5) is 0 Å². The molecule has 0 amide bonds. The van der Waals surface area contributed by atoms with E-state index in [0.717, 1.165) is 30.8 Å². The number of benzene rings is 1. The van der Waals surface area contributed by atoms with Gasteiger partial charge in [-0.2, -0.15) is 0 Å². The van der Waals surface area contributed by atoms with E-state index in [2.05, 4.69) is 0 Å². The van der Waals surface area contributed by atoms with Crippen LogP contribution in [0.25, 0.3) is 0 Å². The maximum Gasteiger partial charge on any atom is 0.118 e. The van der Waals surface area contributed by atoms with E-state index in [1.165, 1.54) is 0 Å². The molecule has 1 saturated heterocycles. The smallest absolute Gasteiger partial charge is 0.118 e. The first kappa shape index (κ1) is 10.5. The third kappa shape index (κ3) is 2.13. The molecule has 3 nitrogen and oxygen atoms in total. The Labute approximate surface area is 90.2 Å². The number of rotatable bonds is 2. The molecule has 2 N–H and O–H groups in total. The Morgan fingerprint density at radius 1 is 1.33 bits per heavy atom. The number of ether oxygens (including phenoxy) is 2. The average molecular weight is 207 g/mol. The first-order valence-electron chi connectivity index (χ1n) is 5.26. The molecule has 0 radical (unpaired) electrons. The van der Waals surface area contributed by atoms with Gasteiger partial charge < -0.3 is 15.2 Å². The summed E-state index contributed by atoms with van der Waals surface area (Å²) in [5.41, 5.74) is 7.12. The van der Waals surface area contributed by atoms with Crippen molar-refractivity contribution in [2.75, 3.05) is 20.3 Å². The Morgan fingerprint density at radius 3 is 2.60 bits per heavy atom. The quantitative estimate of drug-likeness (QED) is 0.802. The third-order valence-electron chi connectivity index (χ3n) is 2.94. The summed E-state index contributed by atoms with van der Waals surface area (Å²) in [5, 5.41) is 0. The topological polar surface area (TPSA) is 44.5 Å². The number of methoxy groups -OCH3 is 1. The van der Waals surface area contributed by atoms with Gasteiger partial charge in [-0.25, -0.2) is 0 Å². The van der Waals surface area contributed by atoms with Gasteiger partial charge >= 0.3 is 0 Å². The first-order valence-corrected chi connectivity index (χ1v) is 5.26. The molecule has 2 rings (SSSR count). The second-order valence-corrected chi connectivity index (χ2v) is 4.04. The van der Waals surface area contributed by atoms with Crippen molar-refractivity contribution in [3.63, 3.8) is 0 Å². The lowest BCUT2D eigenvalue weighted by Crippen LogP contribution is -2.44. The highest BCUT2D eigenvalue weighted by atomic mass is 16.5. The van der Waals surface area contributed by atoms with E-state index >= 15 is 0 Å². The fourth-order valence-corrected chi connectivity index (χ4v) is 1.97. The molecule has 1 heterocycles. The lowest BCUT2D eigenvalue weighted by atomic mass is 9.86. The van der Waals surface area contributed by atoms with Gasteiger partial charge in [0.15, 0.2) is 0 Å². The normalized spacial score (nSPS) is 26.3. The molecule has 1 aliphatic rings. The van der Waals surface area contributed by atoms with Crippen LogP contribution in [0, 0.1) is 0 Å². The maximum absolute atomic E-state index is 6.31. The Kier molecular flexibility index (Phi) is 2.93. The van der Waals surface area contributed by atoms with Crippen LogP contribution in [0.15, 0.2) is 24.3 Å². The number of nitrogens with two attached hydrogens (primary N) is 1. The van der Waals surface area contributed by atoms with Crippen LogP contribution < -0.4 is 10.5 Å². The Bertz CT molecular complexity index is 315. The van der Waals surface area contributed by atoms with Gasteiger partial charge in [0.1, 0.15) is 5.75 Å². The van der Waals surface area contributed by atoms with E-state index in [4.69, 9.17) is 15.2 Å². The predicted molar refractivity (Wildman–Crippen MR) is 58.9 cm³/mol. The summed E-state index contributed by atoms with van der Waals surface area (Å²) in [6.07, 6.45) is 2.02. The molecule has 1 aromatic carbocycles. The summed E-state index contributed by atoms with van der Waals surface area (Å²) in [7, 11) is 1.66. The lowest BCUT2D eigenvalue weighted by Gasteiger charge is -2.33. The average Bonchev–Trinajstić information content (AvgIpc) is 2.30. The minimum Gasteiger partial charge on any atom is -0.497 e. The van der Waals surface area contributed by atoms with Gasteiger partial charge in [0.05, 0.1) is 19.3 Å². The van der Waals surface area contributed by atoms with E-state index in [1.54, 1.807) is 7.11 Å². The van der Waals surface area contributed by atoms with Crippen molar-refractivity contribution >= 4 is 0 Å². The number of hydrogen-bond donors (Lipinski definition) is 1. The number of hydrogen-bond acceptors (Lipinski definition) is 3. The molecule has 15 heavy (non-hydrogen) atoms. The summed E-state index contributed by atoms with van der Waals surface area (Å²) in [5.74, 6) is 0.860. The molecule has 0 aliphatic carbocycles. The molecule has 1 atom stereocenters. The highest BCUT2D eigenvalue weighted by Gasteiger charge is 2.30. The van der Waals surface area contributed by atoms with Gasteiger partial charge in [0, 0.05) is 6.61 Å². The molecular weight excluding hydrogens is 190 g/mol. The molecule has 1 unspecified atom stereocenters. The zero-order valence-electron chi connectivity index (χ0n) is 9.03. The predicted octanol–water partition coefficient (Wildman–Crippen LogP) is 1.66. The van der Waals surface area contributed by atoms with E-state index in [0.29, 0.717) is 6.61 Å². The van der Waals surface area contributed by atoms with E-state index in [-0.39, 0.29) is 5.54 Å². The van der Waals surface area contributed by atoms with Crippen molar-refractivity contribution in [2.45, 2.75) is 18.4 Å². The SMILES string of the molecule is COc1ccc(C2(N)CCCOC2)cc1. The molecule has 3 heteroatoms. The zero-order valence-corrected chi connectivity index (χ0v) is 9.03. The standard InChI is InChI=1S/C12H17NO2/c1-14-11-5-3-10(4-6-11)12(13)7-2-8-15-9-12/h3-6H,2,7-9,13H2,1H3. The fraction of sp³-hybridized carbons (Fsp3) is 0.500. The first-order chi connectivity index (χ1) is 7.24. The minimum atomic E-state index is -0.315. The summed E-state index contributed by atoms with van der Waals surface area (Å²) in [6.45, 7) is 1.44. The second-order valence-electron chi connectivity index (χ2n) is 4.04. The van der Waals surface area contributed by atoms with Gasteiger partial charge in [-0.05, 0) is 30.5 Å². The van der Waals surface area contributed by atoms with Crippen LogP contribution in [0.2, 0.25) is 0 Å². The van der Waals surface area contributed by atoms with Crippen LogP contribution in [0.3, 0.4) is 0 Å². The third-order valence-corrected chi connectivity index (χ3v) is 2.94. The van der Waals surface area contributed by atoms with Gasteiger partial charge in [-0.1, -0.05) is 12.1 Å². The van der Waals surface area contributed by atoms with Crippen LogP contribution >= 0.6 is 0 Å². The zero-order chi connectivity index (χ0) is 10.7. The molecule has 1 fully saturated rings. The van der Waals surface area contributed by atoms with Crippen LogP contribution in [-0.4, -0.2) is 20.3 Å². The highest BCUT2D eigenvalue weighted by Crippen LogP contribution is 2.28. The monoisotopic (exact) mass is 207 g/mol. The van der Waals surface area contributed by atoms with Crippen molar-refractivity contribution in [1.29, 1.82) is 0 Å².